The Morgan fingerprint density at radius 3 is 2.70 bits per heavy atom. The van der Waals surface area contributed by atoms with Crippen LogP contribution in [-0.4, -0.2) is 15.9 Å². The van der Waals surface area contributed by atoms with E-state index in [0.717, 1.165) is 5.56 Å². The molecule has 0 spiro atoms. The van der Waals surface area contributed by atoms with Crippen LogP contribution in [0, 0.1) is 0 Å². The van der Waals surface area contributed by atoms with Crippen LogP contribution in [0.3, 0.4) is 0 Å². The van der Waals surface area contributed by atoms with E-state index in [1.54, 1.807) is 30.5 Å². The van der Waals surface area contributed by atoms with E-state index in [1.807, 2.05) is 24.3 Å². The van der Waals surface area contributed by atoms with E-state index in [9.17, 15) is 4.79 Å². The van der Waals surface area contributed by atoms with Gasteiger partial charge in [-0.3, -0.25) is 4.79 Å². The molecule has 3 aromatic rings. The second-order valence-electron chi connectivity index (χ2n) is 4.18. The molecule has 1 aromatic heterocycles. The molecule has 0 aliphatic heterocycles. The number of rotatable bonds is 2. The topological polar surface area (TPSA) is 47.2 Å². The Labute approximate surface area is 120 Å². The molecular weight excluding hydrogens is 274 g/mol. The van der Waals surface area contributed by atoms with Crippen LogP contribution >= 0.6 is 11.6 Å². The molecule has 0 aliphatic carbocycles. The van der Waals surface area contributed by atoms with Gasteiger partial charge in [0.05, 0.1) is 17.1 Å². The van der Waals surface area contributed by atoms with Gasteiger partial charge in [0.1, 0.15) is 6.33 Å². The third kappa shape index (κ3) is 2.33. The van der Waals surface area contributed by atoms with Crippen LogP contribution in [0.25, 0.3) is 10.9 Å². The molecule has 20 heavy (non-hydrogen) atoms. The van der Waals surface area contributed by atoms with Gasteiger partial charge in [-0.1, -0.05) is 41.9 Å². The Morgan fingerprint density at radius 1 is 1.10 bits per heavy atom. The molecule has 98 valence electrons. The third-order valence-corrected chi connectivity index (χ3v) is 3.22. The summed E-state index contributed by atoms with van der Waals surface area (Å²) in [7, 11) is 0. The first kappa shape index (κ1) is 12.6. The zero-order chi connectivity index (χ0) is 13.9. The van der Waals surface area contributed by atoms with Gasteiger partial charge in [-0.2, -0.15) is 9.78 Å². The lowest BCUT2D eigenvalue weighted by Gasteiger charge is -2.00. The molecule has 5 heteroatoms. The molecular formula is C15H10ClN3O. The van der Waals surface area contributed by atoms with Crippen LogP contribution in [-0.2, 0) is 0 Å². The molecule has 2 aromatic carbocycles. The molecule has 1 heterocycles. The summed E-state index contributed by atoms with van der Waals surface area (Å²) in [5.41, 5.74) is 1.19. The number of hydrogen-bond donors (Lipinski definition) is 0. The van der Waals surface area contributed by atoms with Gasteiger partial charge in [0.2, 0.25) is 0 Å². The minimum Gasteiger partial charge on any atom is -0.267 e. The monoisotopic (exact) mass is 283 g/mol. The van der Waals surface area contributed by atoms with E-state index in [0.29, 0.717) is 15.9 Å². The molecule has 0 amide bonds. The van der Waals surface area contributed by atoms with Crippen molar-refractivity contribution >= 4 is 28.7 Å². The van der Waals surface area contributed by atoms with Crippen LogP contribution in [0.15, 0.2) is 64.8 Å². The highest BCUT2D eigenvalue weighted by Gasteiger charge is 2.02. The van der Waals surface area contributed by atoms with Crippen molar-refractivity contribution in [2.45, 2.75) is 0 Å². The number of benzene rings is 2. The first-order chi connectivity index (χ1) is 9.75. The molecule has 0 unspecified atom stereocenters. The van der Waals surface area contributed by atoms with Crippen molar-refractivity contribution in [2.75, 3.05) is 0 Å². The molecule has 0 aliphatic rings. The van der Waals surface area contributed by atoms with E-state index < -0.39 is 0 Å². The predicted octanol–water partition coefficient (Wildman–Crippen LogP) is 2.93. The number of nitrogens with zero attached hydrogens (tertiary/aromatic N) is 3. The van der Waals surface area contributed by atoms with E-state index in [1.165, 1.54) is 11.0 Å². The summed E-state index contributed by atoms with van der Waals surface area (Å²) in [6.45, 7) is 0. The number of fused-ring (bicyclic) bond motifs is 1. The van der Waals surface area contributed by atoms with Crippen molar-refractivity contribution in [3.63, 3.8) is 0 Å². The van der Waals surface area contributed by atoms with Crippen LogP contribution in [0.1, 0.15) is 5.56 Å². The van der Waals surface area contributed by atoms with Crippen LogP contribution < -0.4 is 5.56 Å². The lowest BCUT2D eigenvalue weighted by Crippen LogP contribution is -2.16. The highest BCUT2D eigenvalue weighted by atomic mass is 35.5. The van der Waals surface area contributed by atoms with Gasteiger partial charge in [-0.15, -0.1) is 0 Å². The lowest BCUT2D eigenvalue weighted by molar-refractivity contribution is 0.817. The Hall–Kier alpha value is -2.46. The Bertz CT molecular complexity index is 855. The molecule has 0 fully saturated rings. The average Bonchev–Trinajstić information content (AvgIpc) is 2.48. The number of hydrogen-bond acceptors (Lipinski definition) is 3. The lowest BCUT2D eigenvalue weighted by atomic mass is 10.2. The highest BCUT2D eigenvalue weighted by Crippen LogP contribution is 2.12. The van der Waals surface area contributed by atoms with E-state index in [4.69, 9.17) is 11.6 Å². The summed E-state index contributed by atoms with van der Waals surface area (Å²) in [5.74, 6) is 0. The minimum atomic E-state index is -0.209. The number of aromatic nitrogens is 2. The van der Waals surface area contributed by atoms with Crippen molar-refractivity contribution in [3.05, 3.63) is 75.8 Å². The molecule has 0 saturated carbocycles. The van der Waals surface area contributed by atoms with E-state index in [-0.39, 0.29) is 5.56 Å². The molecule has 4 nitrogen and oxygen atoms in total. The summed E-state index contributed by atoms with van der Waals surface area (Å²) >= 11 is 6.03. The summed E-state index contributed by atoms with van der Waals surface area (Å²) < 4.78 is 1.20. The van der Waals surface area contributed by atoms with Gasteiger partial charge in [-0.25, -0.2) is 4.98 Å². The van der Waals surface area contributed by atoms with Gasteiger partial charge in [0.15, 0.2) is 0 Å². The van der Waals surface area contributed by atoms with E-state index >= 15 is 0 Å². The smallest absolute Gasteiger partial charge is 0.267 e. The van der Waals surface area contributed by atoms with Crippen molar-refractivity contribution < 1.29 is 0 Å². The summed E-state index contributed by atoms with van der Waals surface area (Å²) in [4.78, 5) is 16.4. The van der Waals surface area contributed by atoms with Crippen molar-refractivity contribution in [1.82, 2.24) is 9.66 Å². The van der Waals surface area contributed by atoms with Gasteiger partial charge in [-0.05, 0) is 18.2 Å². The maximum Gasteiger partial charge on any atom is 0.281 e. The van der Waals surface area contributed by atoms with Gasteiger partial charge in [0, 0.05) is 10.6 Å². The molecule has 3 rings (SSSR count). The van der Waals surface area contributed by atoms with E-state index in [2.05, 4.69) is 10.1 Å². The highest BCUT2D eigenvalue weighted by molar-refractivity contribution is 6.33. The van der Waals surface area contributed by atoms with Crippen LogP contribution in [0.5, 0.6) is 0 Å². The van der Waals surface area contributed by atoms with Gasteiger partial charge >= 0.3 is 0 Å². The van der Waals surface area contributed by atoms with Crippen molar-refractivity contribution in [3.8, 4) is 0 Å². The van der Waals surface area contributed by atoms with Crippen molar-refractivity contribution in [2.24, 2.45) is 5.10 Å². The summed E-state index contributed by atoms with van der Waals surface area (Å²) in [5, 5.41) is 5.23. The minimum absolute atomic E-state index is 0.209. The van der Waals surface area contributed by atoms with Crippen LogP contribution in [0.4, 0.5) is 0 Å². The SMILES string of the molecule is O=c1c2ccccc2ncn1/N=C/c1ccccc1Cl. The fraction of sp³-hybridized carbons (Fsp3) is 0. The quantitative estimate of drug-likeness (QED) is 0.679. The summed E-state index contributed by atoms with van der Waals surface area (Å²) in [6.07, 6.45) is 2.94. The summed E-state index contributed by atoms with van der Waals surface area (Å²) in [6, 6.07) is 14.4. The molecule has 0 radical (unpaired) electrons. The second-order valence-corrected chi connectivity index (χ2v) is 4.58. The number of halogens is 1. The Kier molecular flexibility index (Phi) is 3.31. The zero-order valence-corrected chi connectivity index (χ0v) is 11.2. The molecule has 0 atom stereocenters. The first-order valence-corrected chi connectivity index (χ1v) is 6.39. The average molecular weight is 284 g/mol. The normalized spacial score (nSPS) is 11.2. The standard InChI is InChI=1S/C15H10ClN3O/c16-13-7-3-1-5-11(13)9-18-19-10-17-14-8-4-2-6-12(14)15(19)20/h1-10H/b18-9+. The fourth-order valence-electron chi connectivity index (χ4n) is 1.85. The maximum absolute atomic E-state index is 12.2. The molecule has 0 bridgehead atoms. The fourth-order valence-corrected chi connectivity index (χ4v) is 2.03. The third-order valence-electron chi connectivity index (χ3n) is 2.88. The molecule has 0 N–H and O–H groups in total. The second kappa shape index (κ2) is 5.27. The van der Waals surface area contributed by atoms with Crippen molar-refractivity contribution in [1.29, 1.82) is 0 Å². The molecule has 0 saturated heterocycles. The Morgan fingerprint density at radius 2 is 1.85 bits per heavy atom. The van der Waals surface area contributed by atoms with Crippen LogP contribution in [0.2, 0.25) is 5.02 Å². The first-order valence-electron chi connectivity index (χ1n) is 6.01. The maximum atomic E-state index is 12.2. The predicted molar refractivity (Wildman–Crippen MR) is 80.4 cm³/mol. The largest absolute Gasteiger partial charge is 0.281 e. The number of para-hydroxylation sites is 1. The Balaban J connectivity index is 2.06. The van der Waals surface area contributed by atoms with Gasteiger partial charge in [0.25, 0.3) is 5.56 Å². The van der Waals surface area contributed by atoms with Gasteiger partial charge < -0.3 is 0 Å². The zero-order valence-electron chi connectivity index (χ0n) is 10.4.